The van der Waals surface area contributed by atoms with Crippen LogP contribution in [0.3, 0.4) is 0 Å². The Bertz CT molecular complexity index is 870. The van der Waals surface area contributed by atoms with E-state index < -0.39 is 0 Å². The zero-order valence-electron chi connectivity index (χ0n) is 16.9. The summed E-state index contributed by atoms with van der Waals surface area (Å²) in [5.74, 6) is -0.643. The summed E-state index contributed by atoms with van der Waals surface area (Å²) in [6.45, 7) is 0.975. The molecule has 1 saturated heterocycles. The minimum Gasteiger partial charge on any atom is -0.375 e. The van der Waals surface area contributed by atoms with Crippen LogP contribution < -0.4 is 16.0 Å². The molecule has 30 heavy (non-hydrogen) atoms. The minimum absolute atomic E-state index is 0.0193. The lowest BCUT2D eigenvalue weighted by atomic mass is 9.97. The van der Waals surface area contributed by atoms with Crippen LogP contribution in [0.15, 0.2) is 54.6 Å². The number of anilines is 3. The Morgan fingerprint density at radius 1 is 0.933 bits per heavy atom. The van der Waals surface area contributed by atoms with E-state index in [2.05, 4.69) is 16.0 Å². The average Bonchev–Trinajstić information content (AvgIpc) is 2.76. The standard InChI is InChI=1S/C22H26N4O4/c1-30-15-20(27)23-18-9-11-19(12-10-18)24-21(28)16-6-5-13-26(14-16)22(29)25-17-7-3-2-4-8-17/h2-4,7-12,16H,5-6,13-15H2,1H3,(H,23,27)(H,24,28)(H,25,29). The Morgan fingerprint density at radius 2 is 1.57 bits per heavy atom. The van der Waals surface area contributed by atoms with Gasteiger partial charge in [0.05, 0.1) is 5.92 Å². The van der Waals surface area contributed by atoms with Gasteiger partial charge in [-0.1, -0.05) is 18.2 Å². The van der Waals surface area contributed by atoms with Crippen molar-refractivity contribution < 1.29 is 19.1 Å². The van der Waals surface area contributed by atoms with Gasteiger partial charge >= 0.3 is 6.03 Å². The maximum atomic E-state index is 12.7. The molecular weight excluding hydrogens is 384 g/mol. The van der Waals surface area contributed by atoms with E-state index in [1.165, 1.54) is 7.11 Å². The highest BCUT2D eigenvalue weighted by molar-refractivity contribution is 5.95. The number of piperidine rings is 1. The van der Waals surface area contributed by atoms with E-state index in [0.717, 1.165) is 18.5 Å². The lowest BCUT2D eigenvalue weighted by molar-refractivity contribution is -0.121. The molecule has 0 spiro atoms. The van der Waals surface area contributed by atoms with Gasteiger partial charge in [-0.15, -0.1) is 0 Å². The quantitative estimate of drug-likeness (QED) is 0.681. The lowest BCUT2D eigenvalue weighted by Gasteiger charge is -2.32. The summed E-state index contributed by atoms with van der Waals surface area (Å²) in [5, 5.41) is 8.45. The zero-order chi connectivity index (χ0) is 21.3. The van der Waals surface area contributed by atoms with Gasteiger partial charge in [0.25, 0.3) is 0 Å². The van der Waals surface area contributed by atoms with Crippen molar-refractivity contribution in [1.29, 1.82) is 0 Å². The Kier molecular flexibility index (Phi) is 7.40. The highest BCUT2D eigenvalue weighted by Crippen LogP contribution is 2.21. The van der Waals surface area contributed by atoms with E-state index in [4.69, 9.17) is 4.74 Å². The monoisotopic (exact) mass is 410 g/mol. The first-order valence-electron chi connectivity index (χ1n) is 9.86. The first kappa shape index (κ1) is 21.3. The van der Waals surface area contributed by atoms with Gasteiger partial charge in [0.2, 0.25) is 11.8 Å². The third kappa shape index (κ3) is 6.05. The second-order valence-electron chi connectivity index (χ2n) is 7.13. The van der Waals surface area contributed by atoms with Crippen molar-refractivity contribution in [3.05, 3.63) is 54.6 Å². The fraction of sp³-hybridized carbons (Fsp3) is 0.318. The van der Waals surface area contributed by atoms with Crippen LogP contribution in [-0.2, 0) is 14.3 Å². The number of carbonyl (C=O) groups excluding carboxylic acids is 3. The van der Waals surface area contributed by atoms with Crippen LogP contribution in [0.2, 0.25) is 0 Å². The van der Waals surface area contributed by atoms with Crippen LogP contribution in [0.25, 0.3) is 0 Å². The highest BCUT2D eigenvalue weighted by atomic mass is 16.5. The molecule has 0 aliphatic carbocycles. The summed E-state index contributed by atoms with van der Waals surface area (Å²) in [4.78, 5) is 38.4. The molecule has 1 aliphatic heterocycles. The number of likely N-dealkylation sites (tertiary alicyclic amines) is 1. The Hall–Kier alpha value is -3.39. The Balaban J connectivity index is 1.52. The van der Waals surface area contributed by atoms with Gasteiger partial charge in [-0.3, -0.25) is 9.59 Å². The van der Waals surface area contributed by atoms with Crippen LogP contribution in [0, 0.1) is 5.92 Å². The van der Waals surface area contributed by atoms with Crippen molar-refractivity contribution in [2.24, 2.45) is 5.92 Å². The second-order valence-corrected chi connectivity index (χ2v) is 7.13. The maximum Gasteiger partial charge on any atom is 0.321 e. The minimum atomic E-state index is -0.277. The van der Waals surface area contributed by atoms with Gasteiger partial charge in [0, 0.05) is 37.3 Å². The Labute approximate surface area is 175 Å². The topological polar surface area (TPSA) is 99.8 Å². The molecule has 1 heterocycles. The SMILES string of the molecule is COCC(=O)Nc1ccc(NC(=O)C2CCCN(C(=O)Nc3ccccc3)C2)cc1. The Morgan fingerprint density at radius 3 is 2.23 bits per heavy atom. The molecule has 4 amide bonds. The number of methoxy groups -OCH3 is 1. The first-order valence-corrected chi connectivity index (χ1v) is 9.86. The molecule has 2 aromatic rings. The van der Waals surface area contributed by atoms with Gasteiger partial charge in [-0.25, -0.2) is 4.79 Å². The predicted molar refractivity (Wildman–Crippen MR) is 115 cm³/mol. The van der Waals surface area contributed by atoms with Crippen molar-refractivity contribution in [3.63, 3.8) is 0 Å². The van der Waals surface area contributed by atoms with Crippen LogP contribution in [0.1, 0.15) is 12.8 Å². The largest absolute Gasteiger partial charge is 0.375 e. The molecule has 0 saturated carbocycles. The molecule has 1 fully saturated rings. The van der Waals surface area contributed by atoms with Gasteiger partial charge in [-0.05, 0) is 49.2 Å². The summed E-state index contributed by atoms with van der Waals surface area (Å²) in [7, 11) is 1.45. The molecule has 3 rings (SSSR count). The highest BCUT2D eigenvalue weighted by Gasteiger charge is 2.28. The molecule has 1 unspecified atom stereocenters. The van der Waals surface area contributed by atoms with Gasteiger partial charge < -0.3 is 25.6 Å². The van der Waals surface area contributed by atoms with E-state index in [9.17, 15) is 14.4 Å². The molecule has 0 radical (unpaired) electrons. The number of hydrogen-bond donors (Lipinski definition) is 3. The van der Waals surface area contributed by atoms with Crippen LogP contribution in [-0.4, -0.2) is 49.6 Å². The number of rotatable bonds is 6. The van der Waals surface area contributed by atoms with E-state index in [0.29, 0.717) is 24.5 Å². The van der Waals surface area contributed by atoms with Gasteiger partial charge in [0.15, 0.2) is 0 Å². The second kappa shape index (κ2) is 10.4. The molecule has 0 aromatic heterocycles. The number of benzene rings is 2. The van der Waals surface area contributed by atoms with Crippen LogP contribution in [0.5, 0.6) is 0 Å². The third-order valence-electron chi connectivity index (χ3n) is 4.82. The fourth-order valence-electron chi connectivity index (χ4n) is 3.31. The zero-order valence-corrected chi connectivity index (χ0v) is 16.9. The molecule has 1 aliphatic rings. The number of hydrogen-bond acceptors (Lipinski definition) is 4. The molecule has 8 heteroatoms. The van der Waals surface area contributed by atoms with Crippen molar-refractivity contribution in [3.8, 4) is 0 Å². The normalized spacial score (nSPS) is 15.9. The molecule has 2 aromatic carbocycles. The molecule has 8 nitrogen and oxygen atoms in total. The smallest absolute Gasteiger partial charge is 0.321 e. The lowest BCUT2D eigenvalue weighted by Crippen LogP contribution is -2.45. The maximum absolute atomic E-state index is 12.7. The van der Waals surface area contributed by atoms with Gasteiger partial charge in [-0.2, -0.15) is 0 Å². The summed E-state index contributed by atoms with van der Waals surface area (Å²) in [6.07, 6.45) is 1.50. The summed E-state index contributed by atoms with van der Waals surface area (Å²) >= 11 is 0. The fourth-order valence-corrected chi connectivity index (χ4v) is 3.31. The predicted octanol–water partition coefficient (Wildman–Crippen LogP) is 3.15. The number of carbonyl (C=O) groups is 3. The van der Waals surface area contributed by atoms with Crippen LogP contribution >= 0.6 is 0 Å². The third-order valence-corrected chi connectivity index (χ3v) is 4.82. The molecule has 0 bridgehead atoms. The first-order chi connectivity index (χ1) is 14.5. The van der Waals surface area contributed by atoms with Crippen molar-refractivity contribution in [2.75, 3.05) is 42.8 Å². The van der Waals surface area contributed by atoms with Crippen LogP contribution in [0.4, 0.5) is 21.9 Å². The summed E-state index contributed by atoms with van der Waals surface area (Å²) in [6, 6.07) is 15.9. The molecule has 1 atom stereocenters. The number of nitrogens with one attached hydrogen (secondary N) is 3. The summed E-state index contributed by atoms with van der Waals surface area (Å²) < 4.78 is 4.78. The number of para-hydroxylation sites is 1. The van der Waals surface area contributed by atoms with E-state index in [1.54, 1.807) is 29.2 Å². The average molecular weight is 410 g/mol. The summed E-state index contributed by atoms with van der Waals surface area (Å²) in [5.41, 5.74) is 1.99. The number of urea groups is 1. The molecular formula is C22H26N4O4. The number of nitrogens with zero attached hydrogens (tertiary/aromatic N) is 1. The van der Waals surface area contributed by atoms with E-state index in [1.807, 2.05) is 30.3 Å². The number of amides is 4. The molecule has 3 N–H and O–H groups in total. The van der Waals surface area contributed by atoms with E-state index >= 15 is 0 Å². The van der Waals surface area contributed by atoms with Crippen molar-refractivity contribution in [2.45, 2.75) is 12.8 Å². The van der Waals surface area contributed by atoms with E-state index in [-0.39, 0.29) is 30.4 Å². The molecule has 158 valence electrons. The van der Waals surface area contributed by atoms with Crippen molar-refractivity contribution in [1.82, 2.24) is 4.90 Å². The van der Waals surface area contributed by atoms with Crippen molar-refractivity contribution >= 4 is 34.9 Å². The van der Waals surface area contributed by atoms with Gasteiger partial charge in [0.1, 0.15) is 6.61 Å². The number of ether oxygens (including phenoxy) is 1.